The molecule has 2 aromatic rings. The number of rotatable bonds is 5. The number of hydrogen-bond donors (Lipinski definition) is 3. The van der Waals surface area contributed by atoms with Crippen LogP contribution < -0.4 is 20.7 Å². The fraction of sp³-hybridized carbons (Fsp3) is 0.158. The van der Waals surface area contributed by atoms with Gasteiger partial charge in [0.1, 0.15) is 12.4 Å². The molecule has 0 atom stereocenters. The summed E-state index contributed by atoms with van der Waals surface area (Å²) >= 11 is 0. The number of hydrogen-bond acceptors (Lipinski definition) is 3. The first kappa shape index (κ1) is 17.9. The van der Waals surface area contributed by atoms with Crippen molar-refractivity contribution in [1.82, 2.24) is 5.32 Å². The van der Waals surface area contributed by atoms with Gasteiger partial charge in [-0.15, -0.1) is 0 Å². The Balaban J connectivity index is 1.69. The summed E-state index contributed by atoms with van der Waals surface area (Å²) in [7, 11) is 0. The lowest BCUT2D eigenvalue weighted by Gasteiger charge is -2.06. The van der Waals surface area contributed by atoms with Gasteiger partial charge in [-0.1, -0.05) is 36.1 Å². The molecule has 0 spiro atoms. The van der Waals surface area contributed by atoms with Gasteiger partial charge >= 0.3 is 6.03 Å². The van der Waals surface area contributed by atoms with E-state index in [9.17, 15) is 9.59 Å². The van der Waals surface area contributed by atoms with E-state index in [1.54, 1.807) is 36.4 Å². The van der Waals surface area contributed by atoms with Crippen molar-refractivity contribution in [3.63, 3.8) is 0 Å². The van der Waals surface area contributed by atoms with E-state index in [4.69, 9.17) is 4.74 Å². The standard InChI is InChI=1S/C19H19N3O3/c1-15(23)21-17-10-7-11-18(14-17)25-13-6-5-12-20-19(24)22-16-8-3-2-4-9-16/h2-4,7-11,14H,12-13H2,1H3,(H,21,23)(H2,20,22,24). The SMILES string of the molecule is CC(=O)Nc1cccc(OCC#CCNC(=O)Nc2ccccc2)c1. The van der Waals surface area contributed by atoms with Crippen molar-refractivity contribution in [3.05, 3.63) is 54.6 Å². The highest BCUT2D eigenvalue weighted by Gasteiger charge is 1.99. The molecule has 0 aliphatic heterocycles. The second-order valence-electron chi connectivity index (χ2n) is 5.02. The number of carbonyl (C=O) groups excluding carboxylic acids is 2. The maximum atomic E-state index is 11.6. The maximum absolute atomic E-state index is 11.6. The number of ether oxygens (including phenoxy) is 1. The molecule has 6 heteroatoms. The molecule has 0 saturated heterocycles. The normalized spacial score (nSPS) is 9.32. The van der Waals surface area contributed by atoms with Crippen molar-refractivity contribution < 1.29 is 14.3 Å². The predicted molar refractivity (Wildman–Crippen MR) is 97.5 cm³/mol. The lowest BCUT2D eigenvalue weighted by Crippen LogP contribution is -2.28. The Morgan fingerprint density at radius 1 is 0.960 bits per heavy atom. The molecule has 0 aliphatic rings. The Morgan fingerprint density at radius 3 is 2.48 bits per heavy atom. The van der Waals surface area contributed by atoms with Crippen LogP contribution in [0.5, 0.6) is 5.75 Å². The topological polar surface area (TPSA) is 79.5 Å². The van der Waals surface area contributed by atoms with Crippen LogP contribution in [-0.4, -0.2) is 25.1 Å². The summed E-state index contributed by atoms with van der Waals surface area (Å²) in [5, 5.41) is 8.01. The van der Waals surface area contributed by atoms with Crippen LogP contribution in [0, 0.1) is 11.8 Å². The maximum Gasteiger partial charge on any atom is 0.319 e. The molecule has 128 valence electrons. The molecule has 3 N–H and O–H groups in total. The van der Waals surface area contributed by atoms with Crippen LogP contribution in [0.3, 0.4) is 0 Å². The molecule has 2 rings (SSSR count). The van der Waals surface area contributed by atoms with Gasteiger partial charge in [-0.25, -0.2) is 4.79 Å². The molecule has 0 aromatic heterocycles. The zero-order valence-corrected chi connectivity index (χ0v) is 13.8. The molecule has 2 aromatic carbocycles. The van der Waals surface area contributed by atoms with E-state index in [0.29, 0.717) is 11.4 Å². The van der Waals surface area contributed by atoms with Gasteiger partial charge in [0, 0.05) is 24.4 Å². The van der Waals surface area contributed by atoms with E-state index in [1.165, 1.54) is 6.92 Å². The predicted octanol–water partition coefficient (Wildman–Crippen LogP) is 2.85. The smallest absolute Gasteiger partial charge is 0.319 e. The van der Waals surface area contributed by atoms with E-state index in [-0.39, 0.29) is 25.1 Å². The van der Waals surface area contributed by atoms with Gasteiger partial charge in [0.05, 0.1) is 6.54 Å². The molecule has 25 heavy (non-hydrogen) atoms. The third-order valence-corrected chi connectivity index (χ3v) is 2.96. The zero-order valence-electron chi connectivity index (χ0n) is 13.8. The molecule has 0 aliphatic carbocycles. The van der Waals surface area contributed by atoms with Crippen LogP contribution in [0.4, 0.5) is 16.2 Å². The molecule has 0 heterocycles. The second kappa shape index (κ2) is 9.63. The lowest BCUT2D eigenvalue weighted by atomic mass is 10.3. The van der Waals surface area contributed by atoms with Crippen molar-refractivity contribution >= 4 is 23.3 Å². The van der Waals surface area contributed by atoms with Crippen molar-refractivity contribution in [2.24, 2.45) is 0 Å². The molecule has 0 bridgehead atoms. The summed E-state index contributed by atoms with van der Waals surface area (Å²) in [4.78, 5) is 22.6. The number of carbonyl (C=O) groups is 2. The van der Waals surface area contributed by atoms with Crippen LogP contribution >= 0.6 is 0 Å². The van der Waals surface area contributed by atoms with Gasteiger partial charge < -0.3 is 20.7 Å². The van der Waals surface area contributed by atoms with Crippen LogP contribution in [0.15, 0.2) is 54.6 Å². The van der Waals surface area contributed by atoms with Crippen LogP contribution in [0.2, 0.25) is 0 Å². The Hall–Kier alpha value is -3.46. The van der Waals surface area contributed by atoms with E-state index in [0.717, 1.165) is 5.69 Å². The fourth-order valence-electron chi connectivity index (χ4n) is 1.92. The minimum atomic E-state index is -0.315. The zero-order chi connectivity index (χ0) is 17.9. The lowest BCUT2D eigenvalue weighted by molar-refractivity contribution is -0.114. The van der Waals surface area contributed by atoms with Crippen LogP contribution in [0.25, 0.3) is 0 Å². The minimum Gasteiger partial charge on any atom is -0.481 e. The molecule has 6 nitrogen and oxygen atoms in total. The molecule has 3 amide bonds. The molecule has 0 fully saturated rings. The van der Waals surface area contributed by atoms with Crippen LogP contribution in [-0.2, 0) is 4.79 Å². The molecule has 0 saturated carbocycles. The van der Waals surface area contributed by atoms with Crippen molar-refractivity contribution in [3.8, 4) is 17.6 Å². The van der Waals surface area contributed by atoms with Crippen molar-refractivity contribution in [2.75, 3.05) is 23.8 Å². The first-order valence-corrected chi connectivity index (χ1v) is 7.69. The molecule has 0 radical (unpaired) electrons. The average Bonchev–Trinajstić information content (AvgIpc) is 2.58. The Morgan fingerprint density at radius 2 is 1.72 bits per heavy atom. The number of anilines is 2. The van der Waals surface area contributed by atoms with E-state index in [2.05, 4.69) is 27.8 Å². The number of amides is 3. The quantitative estimate of drug-likeness (QED) is 0.734. The van der Waals surface area contributed by atoms with Gasteiger partial charge in [-0.2, -0.15) is 0 Å². The largest absolute Gasteiger partial charge is 0.481 e. The third-order valence-electron chi connectivity index (χ3n) is 2.96. The first-order valence-electron chi connectivity index (χ1n) is 7.69. The Bertz CT molecular complexity index is 779. The molecular weight excluding hydrogens is 318 g/mol. The number of para-hydroxylation sites is 1. The molecule has 0 unspecified atom stereocenters. The first-order chi connectivity index (χ1) is 12.1. The van der Waals surface area contributed by atoms with Crippen molar-refractivity contribution in [2.45, 2.75) is 6.92 Å². The van der Waals surface area contributed by atoms with Gasteiger partial charge in [0.15, 0.2) is 0 Å². The van der Waals surface area contributed by atoms with Gasteiger partial charge in [-0.05, 0) is 24.3 Å². The number of nitrogens with one attached hydrogen (secondary N) is 3. The highest BCUT2D eigenvalue weighted by Crippen LogP contribution is 2.16. The minimum absolute atomic E-state index is 0.142. The highest BCUT2D eigenvalue weighted by molar-refractivity contribution is 5.89. The van der Waals surface area contributed by atoms with Crippen LogP contribution in [0.1, 0.15) is 6.92 Å². The average molecular weight is 337 g/mol. The monoisotopic (exact) mass is 337 g/mol. The summed E-state index contributed by atoms with van der Waals surface area (Å²) in [5.74, 6) is 6.08. The highest BCUT2D eigenvalue weighted by atomic mass is 16.5. The number of urea groups is 1. The summed E-state index contributed by atoms with van der Waals surface area (Å²) in [6.45, 7) is 1.85. The summed E-state index contributed by atoms with van der Waals surface area (Å²) < 4.78 is 5.48. The second-order valence-corrected chi connectivity index (χ2v) is 5.02. The number of benzene rings is 2. The summed E-state index contributed by atoms with van der Waals surface area (Å²) in [5.41, 5.74) is 1.38. The Labute approximate surface area is 146 Å². The van der Waals surface area contributed by atoms with E-state index < -0.39 is 0 Å². The molecular formula is C19H19N3O3. The van der Waals surface area contributed by atoms with Gasteiger partial charge in [0.2, 0.25) is 5.91 Å². The Kier molecular flexibility index (Phi) is 6.89. The van der Waals surface area contributed by atoms with E-state index in [1.807, 2.05) is 18.2 Å². The third kappa shape index (κ3) is 7.10. The van der Waals surface area contributed by atoms with Gasteiger partial charge in [-0.3, -0.25) is 4.79 Å². The van der Waals surface area contributed by atoms with Crippen molar-refractivity contribution in [1.29, 1.82) is 0 Å². The van der Waals surface area contributed by atoms with Gasteiger partial charge in [0.25, 0.3) is 0 Å². The summed E-state index contributed by atoms with van der Waals surface area (Å²) in [6, 6.07) is 15.9. The van der Waals surface area contributed by atoms with E-state index >= 15 is 0 Å². The fourth-order valence-corrected chi connectivity index (χ4v) is 1.92. The summed E-state index contributed by atoms with van der Waals surface area (Å²) in [6.07, 6.45) is 0.